The highest BCUT2D eigenvalue weighted by Crippen LogP contribution is 2.48. The van der Waals surface area contributed by atoms with Gasteiger partial charge in [-0.15, -0.1) is 0 Å². The van der Waals surface area contributed by atoms with Crippen molar-refractivity contribution in [2.24, 2.45) is 0 Å². The molecule has 1 saturated heterocycles. The fraction of sp³-hybridized carbons (Fsp3) is 0.517. The molecule has 2 atom stereocenters. The second kappa shape index (κ2) is 11.4. The number of hydrogen-bond donors (Lipinski definition) is 0. The summed E-state index contributed by atoms with van der Waals surface area (Å²) in [6.45, 7) is 4.48. The summed E-state index contributed by atoms with van der Waals surface area (Å²) < 4.78 is 16.8. The van der Waals surface area contributed by atoms with Crippen LogP contribution in [0.2, 0.25) is 0 Å². The van der Waals surface area contributed by atoms with Crippen molar-refractivity contribution in [2.45, 2.75) is 44.2 Å². The number of likely N-dealkylation sites (tertiary alicyclic amines) is 1. The second-order valence-corrected chi connectivity index (χ2v) is 9.95. The van der Waals surface area contributed by atoms with E-state index in [2.05, 4.69) is 11.9 Å². The van der Waals surface area contributed by atoms with Crippen LogP contribution in [0.25, 0.3) is 0 Å². The third-order valence-corrected chi connectivity index (χ3v) is 7.78. The van der Waals surface area contributed by atoms with Gasteiger partial charge in [-0.25, -0.2) is 0 Å². The van der Waals surface area contributed by atoms with Crippen molar-refractivity contribution in [1.29, 1.82) is 0 Å². The Kier molecular flexibility index (Phi) is 8.27. The molecule has 8 nitrogen and oxygen atoms in total. The molecule has 0 N–H and O–H groups in total. The number of fused-ring (bicyclic) bond motifs is 1. The summed E-state index contributed by atoms with van der Waals surface area (Å²) in [7, 11) is 8.73. The van der Waals surface area contributed by atoms with Crippen molar-refractivity contribution in [1.82, 2.24) is 14.7 Å². The lowest BCUT2D eigenvalue weighted by molar-refractivity contribution is -0.136. The van der Waals surface area contributed by atoms with Gasteiger partial charge in [0.15, 0.2) is 11.5 Å². The summed E-state index contributed by atoms with van der Waals surface area (Å²) in [5.74, 6) is 0.859. The molecule has 4 rings (SSSR count). The topological polar surface area (TPSA) is 71.6 Å². The first kappa shape index (κ1) is 26.8. The maximum atomic E-state index is 14.4. The van der Waals surface area contributed by atoms with Crippen LogP contribution in [0.5, 0.6) is 17.2 Å². The molecule has 2 aliphatic heterocycles. The van der Waals surface area contributed by atoms with Crippen molar-refractivity contribution in [3.05, 3.63) is 53.1 Å². The van der Waals surface area contributed by atoms with Crippen LogP contribution in [0.3, 0.4) is 0 Å². The molecule has 0 unspecified atom stereocenters. The van der Waals surface area contributed by atoms with Crippen LogP contribution in [0.4, 0.5) is 0 Å². The lowest BCUT2D eigenvalue weighted by Gasteiger charge is -2.44. The summed E-state index contributed by atoms with van der Waals surface area (Å²) >= 11 is 0. The molecule has 0 spiro atoms. The Balaban J connectivity index is 1.88. The number of likely N-dealkylation sites (N-methyl/N-ethyl adjacent to an activating group) is 1. The van der Waals surface area contributed by atoms with Gasteiger partial charge in [-0.1, -0.05) is 25.1 Å². The van der Waals surface area contributed by atoms with Crippen LogP contribution >= 0.6 is 0 Å². The average Bonchev–Trinajstić information content (AvgIpc) is 2.93. The molecule has 2 aromatic carbocycles. The smallest absolute Gasteiger partial charge is 0.254 e. The van der Waals surface area contributed by atoms with Gasteiger partial charge in [0.2, 0.25) is 11.7 Å². The number of benzene rings is 2. The molecule has 0 aliphatic carbocycles. The minimum atomic E-state index is -0.562. The van der Waals surface area contributed by atoms with Crippen LogP contribution in [0.15, 0.2) is 36.4 Å². The third-order valence-electron chi connectivity index (χ3n) is 7.78. The normalized spacial score (nSPS) is 20.4. The maximum Gasteiger partial charge on any atom is 0.254 e. The van der Waals surface area contributed by atoms with E-state index < -0.39 is 12.0 Å². The zero-order valence-corrected chi connectivity index (χ0v) is 22.8. The number of carbonyl (C=O) groups is 2. The number of hydrogen-bond acceptors (Lipinski definition) is 6. The van der Waals surface area contributed by atoms with Crippen LogP contribution in [-0.2, 0) is 4.79 Å². The van der Waals surface area contributed by atoms with Crippen molar-refractivity contribution >= 4 is 11.8 Å². The minimum Gasteiger partial charge on any atom is -0.493 e. The lowest BCUT2D eigenvalue weighted by Crippen LogP contribution is -2.51. The summed E-state index contributed by atoms with van der Waals surface area (Å²) in [5.41, 5.74) is 2.14. The first-order valence-electron chi connectivity index (χ1n) is 13.0. The summed E-state index contributed by atoms with van der Waals surface area (Å²) in [6.07, 6.45) is 2.62. The number of amides is 2. The van der Waals surface area contributed by atoms with Crippen LogP contribution < -0.4 is 14.2 Å². The van der Waals surface area contributed by atoms with Gasteiger partial charge in [-0.2, -0.15) is 0 Å². The Morgan fingerprint density at radius 1 is 1.03 bits per heavy atom. The molecule has 200 valence electrons. The average molecular weight is 510 g/mol. The van der Waals surface area contributed by atoms with Gasteiger partial charge in [0.25, 0.3) is 5.91 Å². The Morgan fingerprint density at radius 3 is 2.22 bits per heavy atom. The van der Waals surface area contributed by atoms with Crippen LogP contribution in [0.1, 0.15) is 59.6 Å². The van der Waals surface area contributed by atoms with Gasteiger partial charge < -0.3 is 28.9 Å². The fourth-order valence-electron chi connectivity index (χ4n) is 5.77. The van der Waals surface area contributed by atoms with Crippen molar-refractivity contribution in [3.8, 4) is 17.2 Å². The molecule has 2 amide bonds. The Bertz CT molecular complexity index is 1100. The molecular weight excluding hydrogens is 470 g/mol. The van der Waals surface area contributed by atoms with E-state index in [-0.39, 0.29) is 17.9 Å². The Morgan fingerprint density at radius 2 is 1.65 bits per heavy atom. The number of methoxy groups -OCH3 is 3. The molecule has 8 heteroatoms. The number of rotatable bonds is 8. The highest BCUT2D eigenvalue weighted by atomic mass is 16.5. The number of nitrogens with zero attached hydrogens (tertiary/aromatic N) is 3. The standard InChI is InChI=1S/C29H39N3O5/c1-7-14-32-26(19-17-23(35-4)27(37-6)24(18-19)36-5)25(21-10-8-9-11-22(21)28(32)33)29(34)31(3)20-12-15-30(2)16-13-20/h8-11,17-18,20,25-26H,7,12-16H2,1-6H3/t25-,26-/m0/s1. The van der Waals surface area contributed by atoms with Crippen LogP contribution in [0, 0.1) is 0 Å². The quantitative estimate of drug-likeness (QED) is 0.537. The molecule has 0 saturated carbocycles. The fourth-order valence-corrected chi connectivity index (χ4v) is 5.77. The molecule has 0 aromatic heterocycles. The number of carbonyl (C=O) groups excluding carboxylic acids is 2. The van der Waals surface area contributed by atoms with E-state index in [1.165, 1.54) is 0 Å². The zero-order chi connectivity index (χ0) is 26.7. The van der Waals surface area contributed by atoms with Gasteiger partial charge in [0, 0.05) is 25.2 Å². The van der Waals surface area contributed by atoms with E-state index >= 15 is 0 Å². The highest BCUT2D eigenvalue weighted by molar-refractivity contribution is 6.01. The molecule has 37 heavy (non-hydrogen) atoms. The van der Waals surface area contributed by atoms with Gasteiger partial charge in [0.05, 0.1) is 33.3 Å². The number of piperidine rings is 1. The largest absolute Gasteiger partial charge is 0.493 e. The van der Waals surface area contributed by atoms with E-state index in [9.17, 15) is 9.59 Å². The van der Waals surface area contributed by atoms with E-state index in [0.29, 0.717) is 29.4 Å². The monoisotopic (exact) mass is 509 g/mol. The van der Waals surface area contributed by atoms with Crippen LogP contribution in [-0.4, -0.2) is 87.6 Å². The van der Waals surface area contributed by atoms with Gasteiger partial charge in [0.1, 0.15) is 0 Å². The molecule has 0 bridgehead atoms. The maximum absolute atomic E-state index is 14.4. The third kappa shape index (κ3) is 4.99. The molecular formula is C29H39N3O5. The first-order valence-corrected chi connectivity index (χ1v) is 13.0. The summed E-state index contributed by atoms with van der Waals surface area (Å²) in [6, 6.07) is 10.9. The van der Waals surface area contributed by atoms with Gasteiger partial charge in [-0.05, 0) is 68.7 Å². The minimum absolute atomic E-state index is 0.0226. The van der Waals surface area contributed by atoms with Crippen molar-refractivity contribution in [3.63, 3.8) is 0 Å². The Hall–Kier alpha value is -3.26. The highest BCUT2D eigenvalue weighted by Gasteiger charge is 2.46. The molecule has 1 fully saturated rings. The molecule has 0 radical (unpaired) electrons. The van der Waals surface area contributed by atoms with Gasteiger partial charge in [-0.3, -0.25) is 9.59 Å². The van der Waals surface area contributed by atoms with Gasteiger partial charge >= 0.3 is 0 Å². The predicted molar refractivity (Wildman–Crippen MR) is 143 cm³/mol. The van der Waals surface area contributed by atoms with E-state index in [1.807, 2.05) is 60.2 Å². The SMILES string of the molecule is CCCN1C(=O)c2ccccc2[C@H](C(=O)N(C)C2CCN(C)CC2)[C@@H]1c1cc(OC)c(OC)c(OC)c1. The Labute approximate surface area is 220 Å². The summed E-state index contributed by atoms with van der Waals surface area (Å²) in [4.78, 5) is 34.3. The molecule has 2 aliphatic rings. The first-order chi connectivity index (χ1) is 17.9. The van der Waals surface area contributed by atoms with E-state index in [1.54, 1.807) is 21.3 Å². The number of ether oxygens (including phenoxy) is 3. The predicted octanol–water partition coefficient (Wildman–Crippen LogP) is 3.96. The van der Waals surface area contributed by atoms with E-state index in [4.69, 9.17) is 14.2 Å². The lowest BCUT2D eigenvalue weighted by atomic mass is 9.78. The van der Waals surface area contributed by atoms with E-state index in [0.717, 1.165) is 43.5 Å². The zero-order valence-electron chi connectivity index (χ0n) is 22.8. The van der Waals surface area contributed by atoms with Crippen molar-refractivity contribution in [2.75, 3.05) is 55.1 Å². The molecule has 2 heterocycles. The second-order valence-electron chi connectivity index (χ2n) is 9.95. The van der Waals surface area contributed by atoms with Crippen molar-refractivity contribution < 1.29 is 23.8 Å². The molecule has 2 aromatic rings. The summed E-state index contributed by atoms with van der Waals surface area (Å²) in [5, 5.41) is 0.